The summed E-state index contributed by atoms with van der Waals surface area (Å²) in [5.74, 6) is -2.16. The van der Waals surface area contributed by atoms with E-state index in [1.807, 2.05) is 6.07 Å². The van der Waals surface area contributed by atoms with Crippen LogP contribution < -0.4 is 15.8 Å². The largest absolute Gasteiger partial charge is 0.478 e. The van der Waals surface area contributed by atoms with E-state index in [2.05, 4.69) is 20.5 Å². The van der Waals surface area contributed by atoms with Crippen LogP contribution >= 0.6 is 0 Å². The van der Waals surface area contributed by atoms with Gasteiger partial charge in [-0.05, 0) is 37.6 Å². The second-order valence-electron chi connectivity index (χ2n) is 9.12. The number of aromatic carboxylic acids is 1. The molecule has 5 rings (SSSR count). The Morgan fingerprint density at radius 2 is 1.97 bits per heavy atom. The number of carboxylic acid groups (broad SMARTS) is 1. The Balaban J connectivity index is 1.60. The predicted octanol–water partition coefficient (Wildman–Crippen LogP) is 3.38. The maximum atomic E-state index is 13.4. The van der Waals surface area contributed by atoms with Gasteiger partial charge < -0.3 is 19.9 Å². The number of anilines is 2. The molecule has 1 aliphatic heterocycles. The summed E-state index contributed by atoms with van der Waals surface area (Å²) in [6, 6.07) is 9.55. The molecule has 200 valence electrons. The third-order valence-corrected chi connectivity index (χ3v) is 6.48. The highest BCUT2D eigenvalue weighted by Crippen LogP contribution is 2.31. The van der Waals surface area contributed by atoms with Crippen molar-refractivity contribution in [3.8, 4) is 6.07 Å². The number of aromatic nitrogens is 5. The molecule has 0 saturated carbocycles. The summed E-state index contributed by atoms with van der Waals surface area (Å²) in [6.45, 7) is 3.32. The fourth-order valence-electron chi connectivity index (χ4n) is 4.70. The Morgan fingerprint density at radius 1 is 1.23 bits per heavy atom. The molecule has 0 saturated heterocycles. The first-order chi connectivity index (χ1) is 18.5. The van der Waals surface area contributed by atoms with Gasteiger partial charge in [-0.2, -0.15) is 18.4 Å². The molecule has 0 amide bonds. The molecule has 1 aliphatic rings. The number of pyridine rings is 1. The van der Waals surface area contributed by atoms with E-state index in [-0.39, 0.29) is 48.1 Å². The van der Waals surface area contributed by atoms with Crippen LogP contribution in [0.5, 0.6) is 0 Å². The van der Waals surface area contributed by atoms with Crippen molar-refractivity contribution in [2.75, 3.05) is 16.8 Å². The first-order valence-corrected chi connectivity index (χ1v) is 11.8. The Morgan fingerprint density at radius 3 is 2.67 bits per heavy atom. The summed E-state index contributed by atoms with van der Waals surface area (Å²) in [4.78, 5) is 31.3. The fraction of sp³-hybridized carbons (Fsp3) is 0.280. The monoisotopic (exact) mass is 538 g/mol. The molecule has 0 fully saturated rings. The van der Waals surface area contributed by atoms with Crippen molar-refractivity contribution in [1.29, 1.82) is 5.26 Å². The lowest BCUT2D eigenvalue weighted by atomic mass is 10.1. The second-order valence-corrected chi connectivity index (χ2v) is 9.12. The summed E-state index contributed by atoms with van der Waals surface area (Å²) in [7, 11) is 0. The van der Waals surface area contributed by atoms with Gasteiger partial charge in [0.2, 0.25) is 5.82 Å². The number of benzene rings is 1. The SMILES string of the molecule is Cc1cc([C@@H](C)Nc2ccccc2C(=O)O)c2nc(N3CCn4c(nnc4C(F)(F)F)C3)c(C#N)c(=O)n2c1. The molecule has 11 nitrogen and oxygen atoms in total. The maximum absolute atomic E-state index is 13.4. The molecular formula is C25H21F3N8O3. The minimum Gasteiger partial charge on any atom is -0.478 e. The molecule has 2 N–H and O–H groups in total. The average molecular weight is 538 g/mol. The van der Waals surface area contributed by atoms with Gasteiger partial charge in [-0.1, -0.05) is 12.1 Å². The topological polar surface area (TPSA) is 141 Å². The molecule has 0 aliphatic carbocycles. The van der Waals surface area contributed by atoms with E-state index in [1.54, 1.807) is 44.3 Å². The second kappa shape index (κ2) is 9.43. The number of halogens is 3. The molecule has 4 aromatic rings. The Hall–Kier alpha value is -4.93. The van der Waals surface area contributed by atoms with E-state index in [0.29, 0.717) is 16.8 Å². The highest BCUT2D eigenvalue weighted by Gasteiger charge is 2.40. The molecule has 0 unspecified atom stereocenters. The maximum Gasteiger partial charge on any atom is 0.451 e. The van der Waals surface area contributed by atoms with Crippen LogP contribution in [-0.4, -0.2) is 41.8 Å². The minimum absolute atomic E-state index is 0.0218. The molecule has 39 heavy (non-hydrogen) atoms. The summed E-state index contributed by atoms with van der Waals surface area (Å²) >= 11 is 0. The zero-order valence-electron chi connectivity index (χ0n) is 20.7. The van der Waals surface area contributed by atoms with Crippen molar-refractivity contribution in [1.82, 2.24) is 24.1 Å². The van der Waals surface area contributed by atoms with Gasteiger partial charge in [0.15, 0.2) is 17.2 Å². The number of para-hydroxylation sites is 1. The van der Waals surface area contributed by atoms with Crippen LogP contribution in [0.3, 0.4) is 0 Å². The molecule has 3 aromatic heterocycles. The van der Waals surface area contributed by atoms with E-state index in [9.17, 15) is 33.1 Å². The highest BCUT2D eigenvalue weighted by molar-refractivity contribution is 5.94. The van der Waals surface area contributed by atoms with Crippen molar-refractivity contribution in [2.24, 2.45) is 0 Å². The third kappa shape index (κ3) is 4.52. The molecular weight excluding hydrogens is 517 g/mol. The van der Waals surface area contributed by atoms with E-state index in [4.69, 9.17) is 0 Å². The average Bonchev–Trinajstić information content (AvgIpc) is 3.33. The first kappa shape index (κ1) is 25.7. The number of nitrogens with zero attached hydrogens (tertiary/aromatic N) is 7. The number of nitrogens with one attached hydrogen (secondary N) is 1. The fourth-order valence-corrected chi connectivity index (χ4v) is 4.70. The summed E-state index contributed by atoms with van der Waals surface area (Å²) in [5, 5.41) is 29.5. The lowest BCUT2D eigenvalue weighted by Crippen LogP contribution is -2.38. The van der Waals surface area contributed by atoms with Crippen LogP contribution in [0.2, 0.25) is 0 Å². The number of rotatable bonds is 5. The van der Waals surface area contributed by atoms with Gasteiger partial charge in [0, 0.05) is 30.5 Å². The molecule has 0 bridgehead atoms. The van der Waals surface area contributed by atoms with Gasteiger partial charge in [-0.3, -0.25) is 9.20 Å². The molecule has 1 aromatic carbocycles. The lowest BCUT2D eigenvalue weighted by Gasteiger charge is -2.29. The zero-order chi connectivity index (χ0) is 28.1. The number of nitriles is 1. The normalized spacial score (nSPS) is 14.1. The van der Waals surface area contributed by atoms with Crippen LogP contribution in [0.4, 0.5) is 24.7 Å². The third-order valence-electron chi connectivity index (χ3n) is 6.48. The first-order valence-electron chi connectivity index (χ1n) is 11.8. The quantitative estimate of drug-likeness (QED) is 0.391. The van der Waals surface area contributed by atoms with Gasteiger partial charge in [-0.25, -0.2) is 9.78 Å². The van der Waals surface area contributed by atoms with Crippen LogP contribution in [0.15, 0.2) is 41.3 Å². The van der Waals surface area contributed by atoms with Crippen molar-refractivity contribution in [2.45, 2.75) is 39.2 Å². The van der Waals surface area contributed by atoms with Gasteiger partial charge in [0.1, 0.15) is 11.7 Å². The summed E-state index contributed by atoms with van der Waals surface area (Å²) < 4.78 is 42.1. The van der Waals surface area contributed by atoms with E-state index in [0.717, 1.165) is 4.57 Å². The minimum atomic E-state index is -4.67. The summed E-state index contributed by atoms with van der Waals surface area (Å²) in [5.41, 5.74) is 1.00. The number of carboxylic acids is 1. The Labute approximate surface area is 218 Å². The molecule has 0 radical (unpaired) electrons. The number of hydrogen-bond donors (Lipinski definition) is 2. The lowest BCUT2D eigenvalue weighted by molar-refractivity contribution is -0.147. The van der Waals surface area contributed by atoms with Crippen LogP contribution in [0.25, 0.3) is 5.65 Å². The number of fused-ring (bicyclic) bond motifs is 2. The number of carbonyl (C=O) groups is 1. The van der Waals surface area contributed by atoms with Crippen molar-refractivity contribution in [3.63, 3.8) is 0 Å². The predicted molar refractivity (Wildman–Crippen MR) is 132 cm³/mol. The number of alkyl halides is 3. The van der Waals surface area contributed by atoms with Gasteiger partial charge in [0.05, 0.1) is 18.2 Å². The number of aryl methyl sites for hydroxylation is 1. The van der Waals surface area contributed by atoms with E-state index in [1.165, 1.54) is 15.4 Å². The highest BCUT2D eigenvalue weighted by atomic mass is 19.4. The molecule has 4 heterocycles. The van der Waals surface area contributed by atoms with Crippen molar-refractivity contribution < 1.29 is 23.1 Å². The van der Waals surface area contributed by atoms with Gasteiger partial charge in [-0.15, -0.1) is 10.2 Å². The van der Waals surface area contributed by atoms with E-state index < -0.39 is 29.6 Å². The summed E-state index contributed by atoms with van der Waals surface area (Å²) in [6.07, 6.45) is -3.13. The Kier molecular flexibility index (Phi) is 6.21. The van der Waals surface area contributed by atoms with Crippen LogP contribution in [0.1, 0.15) is 51.7 Å². The molecule has 0 spiro atoms. The van der Waals surface area contributed by atoms with Crippen molar-refractivity contribution >= 4 is 23.1 Å². The smallest absolute Gasteiger partial charge is 0.451 e. The van der Waals surface area contributed by atoms with Crippen LogP contribution in [-0.2, 0) is 19.3 Å². The standard InChI is InChI=1S/C25H21F3N8O3/c1-13-9-16(14(2)30-18-6-4-3-5-15(18)23(38)39)21-31-20(17(10-29)22(37)36(21)11-13)34-7-8-35-19(12-34)32-33-24(35)25(26,27)28/h3-6,9,11,14,30H,7-8,12H2,1-2H3,(H,38,39)/t14-/m1/s1. The zero-order valence-corrected chi connectivity index (χ0v) is 20.7. The van der Waals surface area contributed by atoms with Gasteiger partial charge >= 0.3 is 12.1 Å². The van der Waals surface area contributed by atoms with Crippen LogP contribution in [0, 0.1) is 18.3 Å². The molecule has 14 heteroatoms. The van der Waals surface area contributed by atoms with E-state index >= 15 is 0 Å². The van der Waals surface area contributed by atoms with Gasteiger partial charge in [0.25, 0.3) is 5.56 Å². The molecule has 1 atom stereocenters. The number of hydrogen-bond acceptors (Lipinski definition) is 8. The van der Waals surface area contributed by atoms with Crippen molar-refractivity contribution in [3.05, 3.63) is 80.8 Å². The Bertz CT molecular complexity index is 1720.